The maximum absolute atomic E-state index is 11.6. The molecule has 18 heavy (non-hydrogen) atoms. The molecule has 4 N–H and O–H groups in total. The first-order chi connectivity index (χ1) is 8.41. The quantitative estimate of drug-likeness (QED) is 0.418. The number of hydrogen-bond donors (Lipinski definition) is 4. The number of carbonyl (C=O) groups excluding carboxylic acids is 2. The number of imide groups is 1. The second-order valence-corrected chi connectivity index (χ2v) is 4.62. The van der Waals surface area contributed by atoms with Crippen LogP contribution in [0.25, 0.3) is 0 Å². The first-order valence-corrected chi connectivity index (χ1v) is 5.69. The van der Waals surface area contributed by atoms with Crippen LogP contribution in [0.15, 0.2) is 0 Å². The number of urea groups is 1. The second kappa shape index (κ2) is 4.81. The van der Waals surface area contributed by atoms with Crippen LogP contribution in [0.4, 0.5) is 4.79 Å². The molecule has 102 valence electrons. The molecule has 2 rings (SSSR count). The summed E-state index contributed by atoms with van der Waals surface area (Å²) in [6, 6.07) is -0.675. The van der Waals surface area contributed by atoms with Gasteiger partial charge in [-0.1, -0.05) is 6.92 Å². The van der Waals surface area contributed by atoms with Gasteiger partial charge in [0, 0.05) is 6.54 Å². The van der Waals surface area contributed by atoms with Gasteiger partial charge in [-0.05, 0) is 0 Å². The minimum absolute atomic E-state index is 0.0925. The Morgan fingerprint density at radius 2 is 1.94 bits per heavy atom. The third-order valence-corrected chi connectivity index (χ3v) is 3.19. The number of nitrogens with zero attached hydrogens (tertiary/aromatic N) is 1. The lowest BCUT2D eigenvalue weighted by Gasteiger charge is -2.43. The number of amides is 3. The SMILES string of the molecule is CC1CN(C2OC[C@@H](O)[C@@H](O)[C@H]2O)C(=O)NC1=O. The summed E-state index contributed by atoms with van der Waals surface area (Å²) in [6.07, 6.45) is -5.06. The van der Waals surface area contributed by atoms with Gasteiger partial charge in [0.25, 0.3) is 0 Å². The summed E-state index contributed by atoms with van der Waals surface area (Å²) in [4.78, 5) is 24.1. The van der Waals surface area contributed by atoms with Crippen molar-refractivity contribution in [3.63, 3.8) is 0 Å². The highest BCUT2D eigenvalue weighted by Gasteiger charge is 2.44. The molecule has 2 heterocycles. The predicted molar refractivity (Wildman–Crippen MR) is 57.2 cm³/mol. The summed E-state index contributed by atoms with van der Waals surface area (Å²) in [5.74, 6) is -0.815. The van der Waals surface area contributed by atoms with Gasteiger partial charge in [-0.3, -0.25) is 15.0 Å². The van der Waals surface area contributed by atoms with Gasteiger partial charge in [-0.25, -0.2) is 4.79 Å². The van der Waals surface area contributed by atoms with Gasteiger partial charge in [-0.15, -0.1) is 0 Å². The molecule has 0 aromatic heterocycles. The van der Waals surface area contributed by atoms with Crippen molar-refractivity contribution in [2.45, 2.75) is 31.5 Å². The standard InChI is InChI=1S/C10H16N2O6/c1-4-2-12(10(17)11-8(4)16)9-7(15)6(14)5(13)3-18-9/h4-7,9,13-15H,2-3H2,1H3,(H,11,16,17)/t4?,5-,6-,7-,9?/m1/s1. The van der Waals surface area contributed by atoms with Crippen LogP contribution < -0.4 is 5.32 Å². The molecule has 3 amide bonds. The average molecular weight is 260 g/mol. The fourth-order valence-corrected chi connectivity index (χ4v) is 2.05. The summed E-state index contributed by atoms with van der Waals surface area (Å²) in [6.45, 7) is 1.54. The Labute approximate surface area is 103 Å². The topological polar surface area (TPSA) is 119 Å². The van der Waals surface area contributed by atoms with Crippen LogP contribution in [0.2, 0.25) is 0 Å². The number of nitrogens with one attached hydrogen (secondary N) is 1. The van der Waals surface area contributed by atoms with E-state index in [0.29, 0.717) is 0 Å². The normalized spacial score (nSPS) is 41.8. The lowest BCUT2D eigenvalue weighted by Crippen LogP contribution is -2.65. The van der Waals surface area contributed by atoms with Crippen LogP contribution in [0.5, 0.6) is 0 Å². The summed E-state index contributed by atoms with van der Waals surface area (Å²) >= 11 is 0. The van der Waals surface area contributed by atoms with Crippen LogP contribution in [-0.4, -0.2) is 69.8 Å². The van der Waals surface area contributed by atoms with Gasteiger partial charge in [0.15, 0.2) is 6.23 Å². The number of aliphatic hydroxyl groups is 3. The third kappa shape index (κ3) is 2.19. The Morgan fingerprint density at radius 3 is 2.61 bits per heavy atom. The van der Waals surface area contributed by atoms with E-state index in [1.165, 1.54) is 0 Å². The number of ether oxygens (including phenoxy) is 1. The molecule has 0 aromatic carbocycles. The maximum atomic E-state index is 11.6. The lowest BCUT2D eigenvalue weighted by molar-refractivity contribution is -0.221. The molecular formula is C10H16N2O6. The molecule has 0 aromatic rings. The number of carbonyl (C=O) groups is 2. The molecule has 8 heteroatoms. The van der Waals surface area contributed by atoms with E-state index in [9.17, 15) is 24.9 Å². The summed E-state index contributed by atoms with van der Waals surface area (Å²) < 4.78 is 5.16. The Kier molecular flexibility index (Phi) is 3.53. The number of aliphatic hydroxyl groups excluding tert-OH is 3. The van der Waals surface area contributed by atoms with Crippen molar-refractivity contribution in [2.24, 2.45) is 5.92 Å². The van der Waals surface area contributed by atoms with Crippen molar-refractivity contribution in [2.75, 3.05) is 13.2 Å². The van der Waals surface area contributed by atoms with Gasteiger partial charge < -0.3 is 20.1 Å². The van der Waals surface area contributed by atoms with Crippen molar-refractivity contribution in [3.05, 3.63) is 0 Å². The average Bonchev–Trinajstić information content (AvgIpc) is 2.32. The van der Waals surface area contributed by atoms with Crippen LogP contribution >= 0.6 is 0 Å². The molecule has 0 radical (unpaired) electrons. The van der Waals surface area contributed by atoms with Crippen molar-refractivity contribution in [1.82, 2.24) is 10.2 Å². The Morgan fingerprint density at radius 1 is 1.28 bits per heavy atom. The van der Waals surface area contributed by atoms with E-state index in [2.05, 4.69) is 5.32 Å². The van der Waals surface area contributed by atoms with Crippen molar-refractivity contribution in [1.29, 1.82) is 0 Å². The fourth-order valence-electron chi connectivity index (χ4n) is 2.05. The van der Waals surface area contributed by atoms with Gasteiger partial charge in [0.05, 0.1) is 12.5 Å². The van der Waals surface area contributed by atoms with E-state index < -0.39 is 36.5 Å². The maximum Gasteiger partial charge on any atom is 0.326 e. The van der Waals surface area contributed by atoms with E-state index in [4.69, 9.17) is 4.74 Å². The number of rotatable bonds is 1. The molecule has 5 atom stereocenters. The first kappa shape index (κ1) is 13.2. The second-order valence-electron chi connectivity index (χ2n) is 4.62. The molecule has 2 fully saturated rings. The highest BCUT2D eigenvalue weighted by Crippen LogP contribution is 2.21. The molecular weight excluding hydrogens is 244 g/mol. The Hall–Kier alpha value is -1.22. The van der Waals surface area contributed by atoms with Crippen LogP contribution in [0.3, 0.4) is 0 Å². The summed E-state index contributed by atoms with van der Waals surface area (Å²) in [7, 11) is 0. The van der Waals surface area contributed by atoms with E-state index in [1.807, 2.05) is 0 Å². The monoisotopic (exact) mass is 260 g/mol. The lowest BCUT2D eigenvalue weighted by atomic mass is 10.0. The molecule has 2 aliphatic rings. The molecule has 0 aliphatic carbocycles. The fraction of sp³-hybridized carbons (Fsp3) is 0.800. The van der Waals surface area contributed by atoms with Crippen molar-refractivity contribution in [3.8, 4) is 0 Å². The molecule has 2 aliphatic heterocycles. The largest absolute Gasteiger partial charge is 0.388 e. The highest BCUT2D eigenvalue weighted by molar-refractivity contribution is 5.97. The molecule has 8 nitrogen and oxygen atoms in total. The zero-order valence-electron chi connectivity index (χ0n) is 9.81. The number of hydrogen-bond acceptors (Lipinski definition) is 6. The van der Waals surface area contributed by atoms with Crippen LogP contribution in [-0.2, 0) is 9.53 Å². The smallest absolute Gasteiger partial charge is 0.326 e. The third-order valence-electron chi connectivity index (χ3n) is 3.19. The van der Waals surface area contributed by atoms with E-state index in [0.717, 1.165) is 4.90 Å². The van der Waals surface area contributed by atoms with Crippen LogP contribution in [0, 0.1) is 5.92 Å². The van der Waals surface area contributed by atoms with Gasteiger partial charge in [0.2, 0.25) is 5.91 Å². The first-order valence-electron chi connectivity index (χ1n) is 5.69. The predicted octanol–water partition coefficient (Wildman–Crippen LogP) is -2.39. The van der Waals surface area contributed by atoms with Crippen LogP contribution in [0.1, 0.15) is 6.92 Å². The zero-order valence-corrected chi connectivity index (χ0v) is 9.81. The molecule has 2 unspecified atom stereocenters. The van der Waals surface area contributed by atoms with E-state index in [-0.39, 0.29) is 19.1 Å². The molecule has 0 bridgehead atoms. The van der Waals surface area contributed by atoms with Crippen molar-refractivity contribution >= 4 is 11.9 Å². The molecule has 0 spiro atoms. The van der Waals surface area contributed by atoms with Gasteiger partial charge >= 0.3 is 6.03 Å². The minimum Gasteiger partial charge on any atom is -0.388 e. The Balaban J connectivity index is 2.11. The van der Waals surface area contributed by atoms with Gasteiger partial charge in [0.1, 0.15) is 18.3 Å². The zero-order chi connectivity index (χ0) is 13.4. The Bertz CT molecular complexity index is 362. The highest BCUT2D eigenvalue weighted by atomic mass is 16.5. The van der Waals surface area contributed by atoms with E-state index in [1.54, 1.807) is 6.92 Å². The minimum atomic E-state index is -1.42. The molecule has 0 saturated carbocycles. The van der Waals surface area contributed by atoms with E-state index >= 15 is 0 Å². The van der Waals surface area contributed by atoms with Crippen molar-refractivity contribution < 1.29 is 29.6 Å². The molecule has 2 saturated heterocycles. The summed E-state index contributed by atoms with van der Waals surface area (Å²) in [5.41, 5.74) is 0. The summed E-state index contributed by atoms with van der Waals surface area (Å²) in [5, 5.41) is 30.8. The van der Waals surface area contributed by atoms with Gasteiger partial charge in [-0.2, -0.15) is 0 Å².